The average Bonchev–Trinajstić information content (AvgIpc) is 2.52. The zero-order chi connectivity index (χ0) is 15.2. The third-order valence-corrected chi connectivity index (χ3v) is 3.98. The van der Waals surface area contributed by atoms with Crippen molar-refractivity contribution in [2.75, 3.05) is 33.3 Å². The van der Waals surface area contributed by atoms with Gasteiger partial charge in [-0.1, -0.05) is 6.92 Å². The molecule has 0 radical (unpaired) electrons. The van der Waals surface area contributed by atoms with Crippen LogP contribution in [-0.4, -0.2) is 44.1 Å². The van der Waals surface area contributed by atoms with E-state index in [-0.39, 0.29) is 11.7 Å². The first kappa shape index (κ1) is 15.8. The van der Waals surface area contributed by atoms with Gasteiger partial charge in [0.2, 0.25) is 0 Å². The smallest absolute Gasteiger partial charge is 0.253 e. The summed E-state index contributed by atoms with van der Waals surface area (Å²) in [6, 6.07) is 4.38. The molecule has 0 atom stereocenters. The van der Waals surface area contributed by atoms with E-state index in [1.807, 2.05) is 4.90 Å². The second kappa shape index (κ2) is 7.41. The topological polar surface area (TPSA) is 41.6 Å². The fraction of sp³-hybridized carbons (Fsp3) is 0.562. The first-order valence-corrected chi connectivity index (χ1v) is 7.49. The molecule has 0 aliphatic carbocycles. The van der Waals surface area contributed by atoms with Crippen LogP contribution in [0.3, 0.4) is 0 Å². The molecule has 1 aromatic rings. The number of benzene rings is 1. The monoisotopic (exact) mass is 294 g/mol. The standard InChI is InChI=1S/C16H23FN2O2/c1-3-18-11-12-6-8-19(9-7-12)16(20)13-4-5-15(21-2)14(17)10-13/h4-5,10,12,18H,3,6-9,11H2,1-2H3. The molecule has 0 aromatic heterocycles. The van der Waals surface area contributed by atoms with Crippen molar-refractivity contribution in [3.63, 3.8) is 0 Å². The van der Waals surface area contributed by atoms with Gasteiger partial charge in [-0.05, 0) is 50.0 Å². The van der Waals surface area contributed by atoms with Crippen molar-refractivity contribution in [2.24, 2.45) is 5.92 Å². The number of carbonyl (C=O) groups is 1. The number of hydrogen-bond acceptors (Lipinski definition) is 3. The quantitative estimate of drug-likeness (QED) is 0.906. The molecule has 1 fully saturated rings. The van der Waals surface area contributed by atoms with E-state index in [0.29, 0.717) is 11.5 Å². The molecule has 0 saturated carbocycles. The predicted octanol–water partition coefficient (Wildman–Crippen LogP) is 2.30. The Balaban J connectivity index is 1.94. The largest absolute Gasteiger partial charge is 0.494 e. The van der Waals surface area contributed by atoms with Crippen molar-refractivity contribution in [2.45, 2.75) is 19.8 Å². The number of ether oxygens (including phenoxy) is 1. The summed E-state index contributed by atoms with van der Waals surface area (Å²) in [5, 5.41) is 3.35. The van der Waals surface area contributed by atoms with Gasteiger partial charge in [0.1, 0.15) is 0 Å². The Morgan fingerprint density at radius 2 is 2.14 bits per heavy atom. The Labute approximate surface area is 125 Å². The third kappa shape index (κ3) is 3.94. The van der Waals surface area contributed by atoms with Crippen LogP contribution in [0.2, 0.25) is 0 Å². The van der Waals surface area contributed by atoms with Crippen molar-refractivity contribution in [1.29, 1.82) is 0 Å². The lowest BCUT2D eigenvalue weighted by molar-refractivity contribution is 0.0689. The predicted molar refractivity (Wildman–Crippen MR) is 80.1 cm³/mol. The molecule has 1 heterocycles. The number of methoxy groups -OCH3 is 1. The normalized spacial score (nSPS) is 16.0. The van der Waals surface area contributed by atoms with Crippen LogP contribution < -0.4 is 10.1 Å². The van der Waals surface area contributed by atoms with Gasteiger partial charge in [0, 0.05) is 18.7 Å². The molecule has 116 valence electrons. The van der Waals surface area contributed by atoms with Gasteiger partial charge >= 0.3 is 0 Å². The Morgan fingerprint density at radius 1 is 1.43 bits per heavy atom. The number of hydrogen-bond donors (Lipinski definition) is 1. The summed E-state index contributed by atoms with van der Waals surface area (Å²) >= 11 is 0. The van der Waals surface area contributed by atoms with Gasteiger partial charge in [0.15, 0.2) is 11.6 Å². The summed E-state index contributed by atoms with van der Waals surface area (Å²) < 4.78 is 18.5. The summed E-state index contributed by atoms with van der Waals surface area (Å²) in [7, 11) is 1.41. The number of rotatable bonds is 5. The molecule has 1 amide bonds. The maximum atomic E-state index is 13.7. The van der Waals surface area contributed by atoms with Gasteiger partial charge in [-0.2, -0.15) is 0 Å². The number of piperidine rings is 1. The summed E-state index contributed by atoms with van der Waals surface area (Å²) in [6.45, 7) is 5.56. The molecule has 2 rings (SSSR count). The summed E-state index contributed by atoms with van der Waals surface area (Å²) in [5.74, 6) is 0.196. The van der Waals surface area contributed by atoms with Gasteiger partial charge in [0.05, 0.1) is 7.11 Å². The number of carbonyl (C=O) groups excluding carboxylic acids is 1. The fourth-order valence-electron chi connectivity index (χ4n) is 2.67. The zero-order valence-corrected chi connectivity index (χ0v) is 12.7. The SMILES string of the molecule is CCNCC1CCN(C(=O)c2ccc(OC)c(F)c2)CC1. The molecular formula is C16H23FN2O2. The molecule has 1 N–H and O–H groups in total. The van der Waals surface area contributed by atoms with E-state index in [4.69, 9.17) is 4.74 Å². The highest BCUT2D eigenvalue weighted by Crippen LogP contribution is 2.21. The maximum absolute atomic E-state index is 13.7. The van der Waals surface area contributed by atoms with Crippen LogP contribution in [0.5, 0.6) is 5.75 Å². The molecule has 5 heteroatoms. The Kier molecular flexibility index (Phi) is 5.56. The minimum Gasteiger partial charge on any atom is -0.494 e. The molecule has 1 aromatic carbocycles. The van der Waals surface area contributed by atoms with Crippen molar-refractivity contribution >= 4 is 5.91 Å². The van der Waals surface area contributed by atoms with Crippen LogP contribution in [0, 0.1) is 11.7 Å². The fourth-order valence-corrected chi connectivity index (χ4v) is 2.67. The molecule has 0 bridgehead atoms. The Morgan fingerprint density at radius 3 is 2.71 bits per heavy atom. The van der Waals surface area contributed by atoms with Gasteiger partial charge in [0.25, 0.3) is 5.91 Å². The Bertz CT molecular complexity index is 485. The highest BCUT2D eigenvalue weighted by Gasteiger charge is 2.23. The van der Waals surface area contributed by atoms with Crippen LogP contribution in [0.25, 0.3) is 0 Å². The van der Waals surface area contributed by atoms with Crippen molar-refractivity contribution in [1.82, 2.24) is 10.2 Å². The zero-order valence-electron chi connectivity index (χ0n) is 12.7. The second-order valence-corrected chi connectivity index (χ2v) is 5.39. The van der Waals surface area contributed by atoms with E-state index in [1.165, 1.54) is 19.2 Å². The number of nitrogens with zero attached hydrogens (tertiary/aromatic N) is 1. The molecule has 0 unspecified atom stereocenters. The lowest BCUT2D eigenvalue weighted by Crippen LogP contribution is -2.40. The lowest BCUT2D eigenvalue weighted by Gasteiger charge is -2.32. The van der Waals surface area contributed by atoms with Gasteiger partial charge in [-0.15, -0.1) is 0 Å². The van der Waals surface area contributed by atoms with Crippen LogP contribution in [-0.2, 0) is 0 Å². The summed E-state index contributed by atoms with van der Waals surface area (Å²) in [6.07, 6.45) is 1.99. The minimum absolute atomic E-state index is 0.0987. The summed E-state index contributed by atoms with van der Waals surface area (Å²) in [5.41, 5.74) is 0.387. The van der Waals surface area contributed by atoms with Crippen molar-refractivity contribution in [3.8, 4) is 5.75 Å². The lowest BCUT2D eigenvalue weighted by atomic mass is 9.96. The second-order valence-electron chi connectivity index (χ2n) is 5.39. The van der Waals surface area contributed by atoms with Gasteiger partial charge in [-0.25, -0.2) is 4.39 Å². The van der Waals surface area contributed by atoms with E-state index in [2.05, 4.69) is 12.2 Å². The Hall–Kier alpha value is -1.62. The number of halogens is 1. The van der Waals surface area contributed by atoms with Crippen LogP contribution in [0.4, 0.5) is 4.39 Å². The molecule has 1 aliphatic rings. The highest BCUT2D eigenvalue weighted by molar-refractivity contribution is 5.94. The maximum Gasteiger partial charge on any atom is 0.253 e. The van der Waals surface area contributed by atoms with Gasteiger partial charge in [-0.3, -0.25) is 4.79 Å². The van der Waals surface area contributed by atoms with E-state index in [0.717, 1.165) is 39.0 Å². The minimum atomic E-state index is -0.495. The average molecular weight is 294 g/mol. The van der Waals surface area contributed by atoms with Crippen molar-refractivity contribution < 1.29 is 13.9 Å². The van der Waals surface area contributed by atoms with E-state index in [1.54, 1.807) is 6.07 Å². The number of nitrogens with one attached hydrogen (secondary N) is 1. The van der Waals surface area contributed by atoms with E-state index >= 15 is 0 Å². The molecule has 1 saturated heterocycles. The molecule has 1 aliphatic heterocycles. The first-order chi connectivity index (χ1) is 10.2. The molecule has 0 spiro atoms. The van der Waals surface area contributed by atoms with Crippen LogP contribution in [0.1, 0.15) is 30.1 Å². The van der Waals surface area contributed by atoms with E-state index in [9.17, 15) is 9.18 Å². The summed E-state index contributed by atoms with van der Waals surface area (Å²) in [4.78, 5) is 14.2. The number of likely N-dealkylation sites (tertiary alicyclic amines) is 1. The van der Waals surface area contributed by atoms with E-state index < -0.39 is 5.82 Å². The molecule has 4 nitrogen and oxygen atoms in total. The molecular weight excluding hydrogens is 271 g/mol. The van der Waals surface area contributed by atoms with Gasteiger partial charge < -0.3 is 15.0 Å². The van der Waals surface area contributed by atoms with Crippen LogP contribution >= 0.6 is 0 Å². The van der Waals surface area contributed by atoms with Crippen molar-refractivity contribution in [3.05, 3.63) is 29.6 Å². The highest BCUT2D eigenvalue weighted by atomic mass is 19.1. The number of amides is 1. The third-order valence-electron chi connectivity index (χ3n) is 3.98. The molecule has 21 heavy (non-hydrogen) atoms. The first-order valence-electron chi connectivity index (χ1n) is 7.49. The van der Waals surface area contributed by atoms with Crippen LogP contribution in [0.15, 0.2) is 18.2 Å².